The van der Waals surface area contributed by atoms with Gasteiger partial charge in [-0.3, -0.25) is 4.79 Å². The number of rotatable bonds is 0. The first kappa shape index (κ1) is 15.8. The van der Waals surface area contributed by atoms with Crippen molar-refractivity contribution < 1.29 is 28.1 Å². The summed E-state index contributed by atoms with van der Waals surface area (Å²) in [6.45, 7) is 2.56. The Balaban J connectivity index is -0.0000000480. The maximum atomic E-state index is 8.89. The zero-order chi connectivity index (χ0) is 5.58. The molecule has 0 rings (SSSR count). The molecule has 2 nitrogen and oxygen atoms in total. The van der Waals surface area contributed by atoms with Crippen molar-refractivity contribution in [3.63, 3.8) is 0 Å². The predicted molar refractivity (Wildman–Crippen MR) is 26.0 cm³/mol. The van der Waals surface area contributed by atoms with Gasteiger partial charge in [-0.15, -0.1) is 0 Å². The zero-order valence-electron chi connectivity index (χ0n) is 2.76. The number of carbonyl (C=O) groups is 1. The topological polar surface area (TPSA) is 37.3 Å². The second kappa shape index (κ2) is 15.7. The standard InChI is InChI=1S/C2H3O2.ClH.Na.Pd.H/c1-2(3)4;;;;/h1H2,(H,3,4);1H;;;/q;;;+1;/p-1. The second-order valence-corrected chi connectivity index (χ2v) is 0.394. The number of hydrogen-bond acceptors (Lipinski definition) is 1. The average molecular weight is 225 g/mol. The molecule has 0 atom stereocenters. The molecule has 1 N–H and O–H groups in total. The van der Waals surface area contributed by atoms with E-state index in [9.17, 15) is 0 Å². The van der Waals surface area contributed by atoms with Crippen LogP contribution in [0.25, 0.3) is 0 Å². The van der Waals surface area contributed by atoms with Gasteiger partial charge >= 0.3 is 63.2 Å². The van der Waals surface area contributed by atoms with Crippen molar-refractivity contribution in [2.45, 2.75) is 0 Å². The summed E-state index contributed by atoms with van der Waals surface area (Å²) in [5.74, 6) is -1.08. The van der Waals surface area contributed by atoms with E-state index in [0.29, 0.717) is 0 Å². The molecule has 0 aliphatic rings. The van der Waals surface area contributed by atoms with E-state index in [1.165, 1.54) is 0 Å². The number of hydrogen-bond donors (Lipinski definition) is 1. The molecule has 7 heavy (non-hydrogen) atoms. The van der Waals surface area contributed by atoms with Crippen LogP contribution in [-0.2, 0) is 23.0 Å². The van der Waals surface area contributed by atoms with Crippen LogP contribution in [0.1, 0.15) is 0 Å². The van der Waals surface area contributed by atoms with E-state index >= 15 is 0 Å². The number of halogens is 1. The van der Waals surface area contributed by atoms with Crippen LogP contribution < -0.4 is 0 Å². The Kier molecular flexibility index (Phi) is 35.3. The van der Waals surface area contributed by atoms with Crippen LogP contribution in [0.4, 0.5) is 0 Å². The average Bonchev–Trinajstić information content (AvgIpc) is 1.41. The summed E-state index contributed by atoms with van der Waals surface area (Å²) in [5, 5.41) is 7.31. The van der Waals surface area contributed by atoms with Crippen LogP contribution in [0.3, 0.4) is 0 Å². The van der Waals surface area contributed by atoms with E-state index in [1.807, 2.05) is 0 Å². The summed E-state index contributed by atoms with van der Waals surface area (Å²) in [7, 11) is 4.49. The summed E-state index contributed by atoms with van der Waals surface area (Å²) in [5.41, 5.74) is 0. The quantitative estimate of drug-likeness (QED) is 0.586. The van der Waals surface area contributed by atoms with Crippen molar-refractivity contribution in [1.29, 1.82) is 0 Å². The molecule has 5 heteroatoms. The molecule has 0 aliphatic carbocycles. The van der Waals surface area contributed by atoms with Gasteiger partial charge in [-0.05, 0) is 0 Å². The van der Waals surface area contributed by atoms with Gasteiger partial charge in [-0.2, -0.15) is 0 Å². The Morgan fingerprint density at radius 3 is 1.71 bits per heavy atom. The number of aliphatic carboxylic acids is 1. The molecule has 0 aromatic carbocycles. The SMILES string of the molecule is [CH2]C(=O)O.[Cl][Pd].[NaH]. The molecule has 1 radical (unpaired) electrons. The minimum atomic E-state index is -1.08. The first-order chi connectivity index (χ1) is 2.73. The van der Waals surface area contributed by atoms with Gasteiger partial charge in [0.25, 0.3) is 0 Å². The molecule has 0 aromatic rings. The number of carboxylic acid groups (broad SMARTS) is 1. The van der Waals surface area contributed by atoms with E-state index in [2.05, 4.69) is 34.6 Å². The van der Waals surface area contributed by atoms with Crippen LogP contribution in [0, 0.1) is 6.92 Å². The molecule has 0 aromatic heterocycles. The third-order valence-electron chi connectivity index (χ3n) is 0. The second-order valence-electron chi connectivity index (χ2n) is 0.394. The Bertz CT molecular complexity index is 38.7. The van der Waals surface area contributed by atoms with Crippen LogP contribution in [-0.4, -0.2) is 40.6 Å². The van der Waals surface area contributed by atoms with Gasteiger partial charge in [0.15, 0.2) is 0 Å². The third-order valence-corrected chi connectivity index (χ3v) is 0. The molecule has 0 bridgehead atoms. The van der Waals surface area contributed by atoms with Gasteiger partial charge in [0, 0.05) is 0 Å². The van der Waals surface area contributed by atoms with Crippen molar-refractivity contribution in [3.05, 3.63) is 6.92 Å². The van der Waals surface area contributed by atoms with Gasteiger partial charge in [-0.25, -0.2) is 0 Å². The monoisotopic (exact) mass is 224 g/mol. The molecule has 0 unspecified atom stereocenters. The van der Waals surface area contributed by atoms with Crippen LogP contribution in [0.15, 0.2) is 0 Å². The summed E-state index contributed by atoms with van der Waals surface area (Å²) < 4.78 is 0. The molecule has 0 saturated heterocycles. The third kappa shape index (κ3) is 108. The summed E-state index contributed by atoms with van der Waals surface area (Å²) in [6, 6.07) is 0. The summed E-state index contributed by atoms with van der Waals surface area (Å²) in [6.07, 6.45) is 0. The van der Waals surface area contributed by atoms with Gasteiger partial charge < -0.3 is 5.11 Å². The summed E-state index contributed by atoms with van der Waals surface area (Å²) >= 11 is 2.22. The Hall–Kier alpha value is 1.42. The van der Waals surface area contributed by atoms with Gasteiger partial charge in [-0.1, -0.05) is 0 Å². The molecule has 0 amide bonds. The van der Waals surface area contributed by atoms with Gasteiger partial charge in [0.1, 0.15) is 0 Å². The molecule has 0 heterocycles. The van der Waals surface area contributed by atoms with Crippen molar-refractivity contribution in [2.24, 2.45) is 0 Å². The molecular formula is C2H4ClNaO2Pd. The van der Waals surface area contributed by atoms with Crippen LogP contribution in [0.5, 0.6) is 0 Å². The maximum absolute atomic E-state index is 8.89. The van der Waals surface area contributed by atoms with Crippen LogP contribution in [0.2, 0.25) is 0 Å². The Morgan fingerprint density at radius 2 is 1.71 bits per heavy atom. The fraction of sp³-hybridized carbons (Fsp3) is 0. The molecule has 0 spiro atoms. The zero-order valence-corrected chi connectivity index (χ0v) is 5.07. The van der Waals surface area contributed by atoms with E-state index in [4.69, 9.17) is 9.90 Å². The van der Waals surface area contributed by atoms with Crippen molar-refractivity contribution >= 4 is 45.1 Å². The Morgan fingerprint density at radius 1 is 1.71 bits per heavy atom. The fourth-order valence-electron chi connectivity index (χ4n) is 0. The Labute approximate surface area is 79.3 Å². The molecule has 42 valence electrons. The minimum absolute atomic E-state index is 0. The number of carboxylic acids is 1. The molecule has 0 fully saturated rings. The van der Waals surface area contributed by atoms with Crippen molar-refractivity contribution in [3.8, 4) is 0 Å². The fourth-order valence-corrected chi connectivity index (χ4v) is 0. The molecule has 0 saturated carbocycles. The first-order valence-corrected chi connectivity index (χ1v) is 2.90. The van der Waals surface area contributed by atoms with Crippen LogP contribution >= 0.6 is 9.53 Å². The summed E-state index contributed by atoms with van der Waals surface area (Å²) in [4.78, 5) is 8.89. The predicted octanol–water partition coefficient (Wildman–Crippen LogP) is -0.0564. The van der Waals surface area contributed by atoms with Crippen molar-refractivity contribution in [2.75, 3.05) is 0 Å². The molecule has 0 aliphatic heterocycles. The first-order valence-electron chi connectivity index (χ1n) is 0.901. The molecular weight excluding hydrogens is 221 g/mol. The van der Waals surface area contributed by atoms with E-state index < -0.39 is 5.97 Å². The van der Waals surface area contributed by atoms with Gasteiger partial charge in [0.2, 0.25) is 0 Å². The van der Waals surface area contributed by atoms with E-state index in [1.54, 1.807) is 0 Å². The van der Waals surface area contributed by atoms with E-state index in [0.717, 1.165) is 0 Å². The van der Waals surface area contributed by atoms with Crippen molar-refractivity contribution in [1.82, 2.24) is 0 Å². The van der Waals surface area contributed by atoms with Gasteiger partial charge in [0.05, 0.1) is 6.92 Å². The van der Waals surface area contributed by atoms with E-state index in [-0.39, 0.29) is 29.6 Å². The normalized spacial score (nSPS) is 4.57.